The molecule has 1 aliphatic rings. The van der Waals surface area contributed by atoms with Crippen molar-refractivity contribution in [3.63, 3.8) is 0 Å². The Kier molecular flexibility index (Phi) is 5.46. The summed E-state index contributed by atoms with van der Waals surface area (Å²) in [5, 5.41) is 3.38. The summed E-state index contributed by atoms with van der Waals surface area (Å²) in [6, 6.07) is 12.5. The van der Waals surface area contributed by atoms with Gasteiger partial charge in [0.25, 0.3) is 0 Å². The Morgan fingerprint density at radius 3 is 2.59 bits per heavy atom. The second kappa shape index (κ2) is 8.34. The van der Waals surface area contributed by atoms with E-state index in [0.29, 0.717) is 0 Å². The standard InChI is InChI=1S/C24H23FN4/c1-3-19-17-23(28(2)24(19)29-14-12-26-13-15-29)20-10-11-27-22(16-20)9-6-18-4-7-21(25)8-5-18/h1,4-11,16-17,26H,12-15H2,2H3/b9-6+. The first-order chi connectivity index (χ1) is 14.2. The molecule has 0 radical (unpaired) electrons. The molecule has 0 bridgehead atoms. The molecule has 1 N–H and O–H groups in total. The molecule has 4 nitrogen and oxygen atoms in total. The molecule has 0 atom stereocenters. The number of nitrogens with zero attached hydrogens (tertiary/aromatic N) is 3. The second-order valence-corrected chi connectivity index (χ2v) is 7.06. The third-order valence-corrected chi connectivity index (χ3v) is 5.17. The molecule has 0 amide bonds. The van der Waals surface area contributed by atoms with E-state index in [1.807, 2.05) is 24.3 Å². The summed E-state index contributed by atoms with van der Waals surface area (Å²) in [6.07, 6.45) is 11.5. The molecule has 2 aromatic heterocycles. The maximum Gasteiger partial charge on any atom is 0.124 e. The Labute approximate surface area is 170 Å². The molecule has 0 spiro atoms. The number of hydrogen-bond acceptors (Lipinski definition) is 3. The second-order valence-electron chi connectivity index (χ2n) is 7.06. The molecule has 1 saturated heterocycles. The fourth-order valence-corrected chi connectivity index (χ4v) is 3.69. The molecule has 3 aromatic rings. The molecule has 1 fully saturated rings. The first-order valence-corrected chi connectivity index (χ1v) is 9.68. The molecular formula is C24H23FN4. The highest BCUT2D eigenvalue weighted by molar-refractivity contribution is 5.74. The van der Waals surface area contributed by atoms with Gasteiger partial charge >= 0.3 is 0 Å². The third kappa shape index (κ3) is 4.08. The van der Waals surface area contributed by atoms with Gasteiger partial charge in [-0.2, -0.15) is 0 Å². The van der Waals surface area contributed by atoms with Crippen molar-refractivity contribution < 1.29 is 4.39 Å². The van der Waals surface area contributed by atoms with Crippen LogP contribution >= 0.6 is 0 Å². The predicted octanol–water partition coefficient (Wildman–Crippen LogP) is 3.79. The zero-order valence-electron chi connectivity index (χ0n) is 16.4. The van der Waals surface area contributed by atoms with Crippen LogP contribution in [-0.4, -0.2) is 35.7 Å². The third-order valence-electron chi connectivity index (χ3n) is 5.17. The lowest BCUT2D eigenvalue weighted by Gasteiger charge is -2.30. The summed E-state index contributed by atoms with van der Waals surface area (Å²) in [4.78, 5) is 6.78. The van der Waals surface area contributed by atoms with Gasteiger partial charge in [0.05, 0.1) is 17.0 Å². The largest absolute Gasteiger partial charge is 0.354 e. The lowest BCUT2D eigenvalue weighted by Crippen LogP contribution is -2.44. The summed E-state index contributed by atoms with van der Waals surface area (Å²) >= 11 is 0. The van der Waals surface area contributed by atoms with E-state index >= 15 is 0 Å². The van der Waals surface area contributed by atoms with Crippen LogP contribution in [0.4, 0.5) is 10.2 Å². The highest BCUT2D eigenvalue weighted by atomic mass is 19.1. The van der Waals surface area contributed by atoms with Gasteiger partial charge in [-0.1, -0.05) is 24.1 Å². The highest BCUT2D eigenvalue weighted by Gasteiger charge is 2.20. The Bertz CT molecular complexity index is 1070. The minimum atomic E-state index is -0.240. The van der Waals surface area contributed by atoms with Crippen LogP contribution in [0.5, 0.6) is 0 Å². The summed E-state index contributed by atoms with van der Waals surface area (Å²) < 4.78 is 15.2. The van der Waals surface area contributed by atoms with Gasteiger partial charge in [0.15, 0.2) is 0 Å². The van der Waals surface area contributed by atoms with Crippen LogP contribution in [-0.2, 0) is 7.05 Å². The number of rotatable bonds is 4. The van der Waals surface area contributed by atoms with Gasteiger partial charge in [-0.05, 0) is 42.0 Å². The maximum atomic E-state index is 13.1. The molecule has 0 aliphatic carbocycles. The van der Waals surface area contributed by atoms with Crippen LogP contribution < -0.4 is 10.2 Å². The zero-order valence-corrected chi connectivity index (χ0v) is 16.4. The Morgan fingerprint density at radius 2 is 1.86 bits per heavy atom. The van der Waals surface area contributed by atoms with Crippen LogP contribution in [0.15, 0.2) is 48.7 Å². The topological polar surface area (TPSA) is 33.1 Å². The molecule has 1 aromatic carbocycles. The highest BCUT2D eigenvalue weighted by Crippen LogP contribution is 2.31. The molecule has 0 unspecified atom stereocenters. The fourth-order valence-electron chi connectivity index (χ4n) is 3.69. The Hall–Kier alpha value is -3.36. The summed E-state index contributed by atoms with van der Waals surface area (Å²) in [5.41, 5.74) is 4.78. The van der Waals surface area contributed by atoms with Crippen LogP contribution in [0.25, 0.3) is 23.4 Å². The van der Waals surface area contributed by atoms with Crippen molar-refractivity contribution >= 4 is 18.0 Å². The first-order valence-electron chi connectivity index (χ1n) is 9.68. The number of halogens is 1. The summed E-state index contributed by atoms with van der Waals surface area (Å²) in [7, 11) is 2.06. The van der Waals surface area contributed by atoms with Gasteiger partial charge in [0.2, 0.25) is 0 Å². The van der Waals surface area contributed by atoms with Crippen molar-refractivity contribution in [1.82, 2.24) is 14.9 Å². The summed E-state index contributed by atoms with van der Waals surface area (Å²) in [5.74, 6) is 3.69. The number of pyridine rings is 1. The van der Waals surface area contributed by atoms with E-state index in [-0.39, 0.29) is 5.82 Å². The number of benzene rings is 1. The molecule has 5 heteroatoms. The normalized spacial score (nSPS) is 14.3. The average Bonchev–Trinajstić information content (AvgIpc) is 3.10. The van der Waals surface area contributed by atoms with Crippen molar-refractivity contribution in [2.24, 2.45) is 7.05 Å². The molecule has 4 rings (SSSR count). The molecular weight excluding hydrogens is 363 g/mol. The maximum absolute atomic E-state index is 13.1. The summed E-state index contributed by atoms with van der Waals surface area (Å²) in [6.45, 7) is 3.79. The SMILES string of the molecule is C#Cc1cc(-c2ccnc(/C=C/c3ccc(F)cc3)c2)n(C)c1N1CCNCC1. The number of terminal acetylenes is 1. The first kappa shape index (κ1) is 19.0. The van der Waals surface area contributed by atoms with Crippen LogP contribution in [0.2, 0.25) is 0 Å². The molecule has 0 saturated carbocycles. The molecule has 146 valence electrons. The quantitative estimate of drug-likeness (QED) is 0.693. The van der Waals surface area contributed by atoms with Gasteiger partial charge in [-0.3, -0.25) is 4.98 Å². The lowest BCUT2D eigenvalue weighted by molar-refractivity contribution is 0.579. The number of anilines is 1. The zero-order chi connectivity index (χ0) is 20.2. The van der Waals surface area contributed by atoms with Crippen molar-refractivity contribution in [3.8, 4) is 23.6 Å². The van der Waals surface area contributed by atoms with Gasteiger partial charge in [0, 0.05) is 45.0 Å². The molecule has 3 heterocycles. The van der Waals surface area contributed by atoms with E-state index in [2.05, 4.69) is 38.8 Å². The van der Waals surface area contributed by atoms with E-state index in [1.54, 1.807) is 18.3 Å². The van der Waals surface area contributed by atoms with Gasteiger partial charge in [-0.15, -0.1) is 6.42 Å². The predicted molar refractivity (Wildman–Crippen MR) is 117 cm³/mol. The number of nitrogens with one attached hydrogen (secondary N) is 1. The number of piperazine rings is 1. The van der Waals surface area contributed by atoms with Crippen LogP contribution in [0.1, 0.15) is 16.8 Å². The van der Waals surface area contributed by atoms with Crippen LogP contribution in [0.3, 0.4) is 0 Å². The Morgan fingerprint density at radius 1 is 1.10 bits per heavy atom. The van der Waals surface area contributed by atoms with Crippen molar-refractivity contribution in [2.75, 3.05) is 31.1 Å². The fraction of sp³-hybridized carbons (Fsp3) is 0.208. The van der Waals surface area contributed by atoms with E-state index in [4.69, 9.17) is 6.42 Å². The monoisotopic (exact) mass is 386 g/mol. The van der Waals surface area contributed by atoms with Gasteiger partial charge in [0.1, 0.15) is 11.6 Å². The number of hydrogen-bond donors (Lipinski definition) is 1. The van der Waals surface area contributed by atoms with E-state index in [0.717, 1.165) is 60.1 Å². The van der Waals surface area contributed by atoms with Crippen molar-refractivity contribution in [1.29, 1.82) is 0 Å². The minimum Gasteiger partial charge on any atom is -0.354 e. The van der Waals surface area contributed by atoms with Crippen LogP contribution in [0, 0.1) is 18.2 Å². The Balaban J connectivity index is 1.65. The lowest BCUT2D eigenvalue weighted by atomic mass is 10.1. The molecule has 29 heavy (non-hydrogen) atoms. The van der Waals surface area contributed by atoms with Gasteiger partial charge < -0.3 is 14.8 Å². The van der Waals surface area contributed by atoms with E-state index < -0.39 is 0 Å². The molecule has 1 aliphatic heterocycles. The van der Waals surface area contributed by atoms with Crippen molar-refractivity contribution in [3.05, 3.63) is 71.3 Å². The van der Waals surface area contributed by atoms with Crippen molar-refractivity contribution in [2.45, 2.75) is 0 Å². The van der Waals surface area contributed by atoms with E-state index in [1.165, 1.54) is 12.1 Å². The smallest absolute Gasteiger partial charge is 0.124 e. The number of aromatic nitrogens is 2. The van der Waals surface area contributed by atoms with Gasteiger partial charge in [-0.25, -0.2) is 4.39 Å². The van der Waals surface area contributed by atoms with E-state index in [9.17, 15) is 4.39 Å². The average molecular weight is 386 g/mol. The minimum absolute atomic E-state index is 0.240.